The van der Waals surface area contributed by atoms with E-state index in [9.17, 15) is 0 Å². The highest BCUT2D eigenvalue weighted by Crippen LogP contribution is 2.29. The number of hydrogen-bond donors (Lipinski definition) is 0. The lowest BCUT2D eigenvalue weighted by Crippen LogP contribution is -2.09. The molecule has 0 spiro atoms. The molecule has 4 rings (SSSR count). The number of para-hydroxylation sites is 2. The molecule has 0 bridgehead atoms. The number of nitrogens with zero attached hydrogens (tertiary/aromatic N) is 2. The van der Waals surface area contributed by atoms with Crippen LogP contribution in [0.15, 0.2) is 66.7 Å². The summed E-state index contributed by atoms with van der Waals surface area (Å²) < 4.78 is 13.8. The summed E-state index contributed by atoms with van der Waals surface area (Å²) in [5.41, 5.74) is 5.70. The van der Waals surface area contributed by atoms with E-state index in [2.05, 4.69) is 73.9 Å². The van der Waals surface area contributed by atoms with Crippen LogP contribution in [0.1, 0.15) is 42.3 Å². The molecule has 0 radical (unpaired) electrons. The van der Waals surface area contributed by atoms with Gasteiger partial charge in [-0.2, -0.15) is 0 Å². The number of rotatable bonds is 7. The molecule has 4 aromatic rings. The summed E-state index contributed by atoms with van der Waals surface area (Å²) in [6, 6.07) is 22.8. The molecule has 0 aliphatic heterocycles. The second-order valence-corrected chi connectivity index (χ2v) is 7.94. The van der Waals surface area contributed by atoms with E-state index in [0.717, 1.165) is 34.9 Å². The molecule has 1 aromatic heterocycles. The van der Waals surface area contributed by atoms with Crippen LogP contribution in [0, 0.1) is 6.92 Å². The van der Waals surface area contributed by atoms with E-state index >= 15 is 0 Å². The van der Waals surface area contributed by atoms with Crippen molar-refractivity contribution in [2.24, 2.45) is 0 Å². The minimum atomic E-state index is 0.402. The molecule has 0 saturated carbocycles. The number of ether oxygens (including phenoxy) is 2. The van der Waals surface area contributed by atoms with E-state index in [-0.39, 0.29) is 0 Å². The molecular formula is C26H28N2O2. The van der Waals surface area contributed by atoms with Crippen molar-refractivity contribution in [2.45, 2.75) is 39.8 Å². The van der Waals surface area contributed by atoms with Crippen LogP contribution < -0.4 is 9.47 Å². The van der Waals surface area contributed by atoms with Gasteiger partial charge in [0, 0.05) is 6.54 Å². The van der Waals surface area contributed by atoms with Crippen LogP contribution in [-0.2, 0) is 13.2 Å². The topological polar surface area (TPSA) is 36.3 Å². The third kappa shape index (κ3) is 4.18. The number of imidazole rings is 1. The summed E-state index contributed by atoms with van der Waals surface area (Å²) in [5, 5.41) is 0. The van der Waals surface area contributed by atoms with Crippen LogP contribution in [0.5, 0.6) is 11.5 Å². The summed E-state index contributed by atoms with van der Waals surface area (Å²) in [7, 11) is 1.69. The van der Waals surface area contributed by atoms with Gasteiger partial charge in [0.25, 0.3) is 0 Å². The maximum absolute atomic E-state index is 6.31. The molecule has 30 heavy (non-hydrogen) atoms. The third-order valence-electron chi connectivity index (χ3n) is 5.38. The first kappa shape index (κ1) is 20.0. The van der Waals surface area contributed by atoms with Gasteiger partial charge in [-0.15, -0.1) is 0 Å². The molecule has 0 unspecified atom stereocenters. The normalized spacial score (nSPS) is 11.2. The number of methoxy groups -OCH3 is 1. The molecule has 4 heteroatoms. The fourth-order valence-corrected chi connectivity index (χ4v) is 3.71. The predicted octanol–water partition coefficient (Wildman–Crippen LogP) is 6.10. The molecule has 4 nitrogen and oxygen atoms in total. The molecular weight excluding hydrogens is 372 g/mol. The van der Waals surface area contributed by atoms with Crippen molar-refractivity contribution in [3.8, 4) is 11.5 Å². The van der Waals surface area contributed by atoms with E-state index < -0.39 is 0 Å². The Bertz CT molecular complexity index is 1140. The highest BCUT2D eigenvalue weighted by Gasteiger charge is 2.14. The van der Waals surface area contributed by atoms with Crippen molar-refractivity contribution >= 4 is 11.0 Å². The SMILES string of the molecule is COc1ccc(Cn2c(COc3cc(C)ccc3C(C)C)nc3ccccc32)cc1. The summed E-state index contributed by atoms with van der Waals surface area (Å²) >= 11 is 0. The number of hydrogen-bond acceptors (Lipinski definition) is 3. The van der Waals surface area contributed by atoms with E-state index in [1.165, 1.54) is 16.7 Å². The molecule has 1 heterocycles. The smallest absolute Gasteiger partial charge is 0.148 e. The van der Waals surface area contributed by atoms with E-state index in [0.29, 0.717) is 12.5 Å². The predicted molar refractivity (Wildman–Crippen MR) is 121 cm³/mol. The van der Waals surface area contributed by atoms with Gasteiger partial charge in [-0.25, -0.2) is 4.98 Å². The number of benzene rings is 3. The maximum atomic E-state index is 6.31. The van der Waals surface area contributed by atoms with Gasteiger partial charge in [0.2, 0.25) is 0 Å². The van der Waals surface area contributed by atoms with Crippen molar-refractivity contribution in [1.29, 1.82) is 0 Å². The molecule has 0 saturated heterocycles. The highest BCUT2D eigenvalue weighted by atomic mass is 16.5. The Morgan fingerprint density at radius 1 is 0.967 bits per heavy atom. The highest BCUT2D eigenvalue weighted by molar-refractivity contribution is 5.76. The molecule has 0 aliphatic carbocycles. The average Bonchev–Trinajstić information content (AvgIpc) is 3.10. The van der Waals surface area contributed by atoms with Gasteiger partial charge in [0.15, 0.2) is 0 Å². The number of aryl methyl sites for hydroxylation is 1. The van der Waals surface area contributed by atoms with E-state index in [1.807, 2.05) is 18.2 Å². The zero-order valence-corrected chi connectivity index (χ0v) is 18.1. The summed E-state index contributed by atoms with van der Waals surface area (Å²) in [4.78, 5) is 4.87. The lowest BCUT2D eigenvalue weighted by molar-refractivity contribution is 0.287. The monoisotopic (exact) mass is 400 g/mol. The Morgan fingerprint density at radius 3 is 2.47 bits per heavy atom. The van der Waals surface area contributed by atoms with Crippen molar-refractivity contribution in [2.75, 3.05) is 7.11 Å². The van der Waals surface area contributed by atoms with Crippen LogP contribution in [0.4, 0.5) is 0 Å². The molecule has 0 N–H and O–H groups in total. The molecule has 0 aliphatic rings. The summed E-state index contributed by atoms with van der Waals surface area (Å²) in [6.07, 6.45) is 0. The number of aromatic nitrogens is 2. The number of fused-ring (bicyclic) bond motifs is 1. The van der Waals surface area contributed by atoms with Crippen LogP contribution in [-0.4, -0.2) is 16.7 Å². The zero-order valence-electron chi connectivity index (χ0n) is 18.1. The second kappa shape index (κ2) is 8.62. The summed E-state index contributed by atoms with van der Waals surface area (Å²) in [6.45, 7) is 7.63. The van der Waals surface area contributed by atoms with Crippen molar-refractivity contribution in [1.82, 2.24) is 9.55 Å². The third-order valence-corrected chi connectivity index (χ3v) is 5.38. The van der Waals surface area contributed by atoms with Gasteiger partial charge in [-0.1, -0.05) is 50.2 Å². The summed E-state index contributed by atoms with van der Waals surface area (Å²) in [5.74, 6) is 3.12. The Kier molecular flexibility index (Phi) is 5.75. The second-order valence-electron chi connectivity index (χ2n) is 7.94. The lowest BCUT2D eigenvalue weighted by atomic mass is 10.0. The maximum Gasteiger partial charge on any atom is 0.148 e. The minimum Gasteiger partial charge on any atom is -0.497 e. The fraction of sp³-hybridized carbons (Fsp3) is 0.269. The first-order valence-electron chi connectivity index (χ1n) is 10.4. The lowest BCUT2D eigenvalue weighted by Gasteiger charge is -2.16. The van der Waals surface area contributed by atoms with E-state index in [1.54, 1.807) is 7.11 Å². The van der Waals surface area contributed by atoms with Crippen LogP contribution in [0.25, 0.3) is 11.0 Å². The molecule has 3 aromatic carbocycles. The van der Waals surface area contributed by atoms with E-state index in [4.69, 9.17) is 14.5 Å². The standard InChI is InChI=1S/C26H28N2O2/c1-18(2)22-14-9-19(3)15-25(22)30-17-26-27-23-7-5-6-8-24(23)28(26)16-20-10-12-21(29-4)13-11-20/h5-15,18H,16-17H2,1-4H3. The van der Waals surface area contributed by atoms with Gasteiger partial charge in [-0.05, 0) is 59.9 Å². The van der Waals surface area contributed by atoms with Crippen molar-refractivity contribution < 1.29 is 9.47 Å². The van der Waals surface area contributed by atoms with Gasteiger partial charge >= 0.3 is 0 Å². The van der Waals surface area contributed by atoms with Crippen LogP contribution in [0.2, 0.25) is 0 Å². The Morgan fingerprint density at radius 2 is 1.73 bits per heavy atom. The largest absolute Gasteiger partial charge is 0.497 e. The van der Waals surface area contributed by atoms with Gasteiger partial charge in [-0.3, -0.25) is 0 Å². The molecule has 154 valence electrons. The Balaban J connectivity index is 1.66. The average molecular weight is 401 g/mol. The van der Waals surface area contributed by atoms with Gasteiger partial charge < -0.3 is 14.0 Å². The first-order chi connectivity index (χ1) is 14.5. The zero-order chi connectivity index (χ0) is 21.1. The quantitative estimate of drug-likeness (QED) is 0.376. The van der Waals surface area contributed by atoms with Crippen molar-refractivity contribution in [3.05, 3.63) is 89.2 Å². The van der Waals surface area contributed by atoms with Crippen molar-refractivity contribution in [3.63, 3.8) is 0 Å². The Labute approximate surface area is 178 Å². The van der Waals surface area contributed by atoms with Gasteiger partial charge in [0.1, 0.15) is 23.9 Å². The molecule has 0 fully saturated rings. The first-order valence-corrected chi connectivity index (χ1v) is 10.4. The van der Waals surface area contributed by atoms with Crippen LogP contribution >= 0.6 is 0 Å². The molecule has 0 atom stereocenters. The minimum absolute atomic E-state index is 0.402. The fourth-order valence-electron chi connectivity index (χ4n) is 3.71. The Hall–Kier alpha value is -3.27. The molecule has 0 amide bonds. The van der Waals surface area contributed by atoms with Gasteiger partial charge in [0.05, 0.1) is 18.1 Å². The van der Waals surface area contributed by atoms with Crippen LogP contribution in [0.3, 0.4) is 0 Å².